The van der Waals surface area contributed by atoms with Gasteiger partial charge in [-0.2, -0.15) is 0 Å². The van der Waals surface area contributed by atoms with Crippen molar-refractivity contribution in [2.75, 3.05) is 24.6 Å². The number of aromatic nitrogens is 2. The maximum absolute atomic E-state index is 11.5. The summed E-state index contributed by atoms with van der Waals surface area (Å²) in [6.07, 6.45) is 6.35. The molecule has 0 spiro atoms. The van der Waals surface area contributed by atoms with E-state index in [1.54, 1.807) is 19.3 Å². The summed E-state index contributed by atoms with van der Waals surface area (Å²) in [6.45, 7) is 6.36. The van der Waals surface area contributed by atoms with Crippen molar-refractivity contribution >= 4 is 11.9 Å². The molecule has 2 heterocycles. The Labute approximate surface area is 125 Å². The normalized spacial score (nSPS) is 20.1. The molecule has 116 valence electrons. The highest BCUT2D eigenvalue weighted by molar-refractivity contribution is 5.75. The number of nitrogens with zero attached hydrogens (tertiary/aromatic N) is 3. The smallest absolute Gasteiger partial charge is 0.323 e. The Morgan fingerprint density at radius 3 is 2.86 bits per heavy atom. The van der Waals surface area contributed by atoms with Crippen LogP contribution in [0.2, 0.25) is 0 Å². The summed E-state index contributed by atoms with van der Waals surface area (Å²) in [6, 6.07) is -0.658. The Morgan fingerprint density at radius 2 is 2.24 bits per heavy atom. The Bertz CT molecular complexity index is 463. The van der Waals surface area contributed by atoms with E-state index in [1.165, 1.54) is 12.8 Å². The first-order valence-electron chi connectivity index (χ1n) is 7.58. The minimum absolute atomic E-state index is 0.342. The Hall–Kier alpha value is -1.69. The topological polar surface area (TPSA) is 81.3 Å². The van der Waals surface area contributed by atoms with E-state index in [-0.39, 0.29) is 5.97 Å². The summed E-state index contributed by atoms with van der Waals surface area (Å²) in [7, 11) is 0. The second-order valence-electron chi connectivity index (χ2n) is 5.65. The van der Waals surface area contributed by atoms with Gasteiger partial charge in [-0.05, 0) is 31.2 Å². The Morgan fingerprint density at radius 1 is 1.52 bits per heavy atom. The number of rotatable bonds is 5. The summed E-state index contributed by atoms with van der Waals surface area (Å²) in [5.74, 6) is 1.06. The molecule has 21 heavy (non-hydrogen) atoms. The molecule has 1 aromatic rings. The van der Waals surface area contributed by atoms with Gasteiger partial charge in [-0.1, -0.05) is 6.92 Å². The van der Waals surface area contributed by atoms with E-state index in [1.807, 2.05) is 0 Å². The zero-order chi connectivity index (χ0) is 15.2. The fourth-order valence-electron chi connectivity index (χ4n) is 2.57. The highest BCUT2D eigenvalue weighted by Gasteiger charge is 2.19. The van der Waals surface area contributed by atoms with Gasteiger partial charge in [0.1, 0.15) is 6.04 Å². The number of carbonyl (C=O) groups is 1. The molecule has 0 aliphatic carbocycles. The summed E-state index contributed by atoms with van der Waals surface area (Å²) in [5, 5.41) is 0. The molecule has 1 saturated heterocycles. The largest absolute Gasteiger partial charge is 0.465 e. The molecule has 0 amide bonds. The summed E-state index contributed by atoms with van der Waals surface area (Å²) >= 11 is 0. The van der Waals surface area contributed by atoms with Crippen LogP contribution in [0, 0.1) is 5.92 Å². The predicted molar refractivity (Wildman–Crippen MR) is 81.0 cm³/mol. The molecule has 1 fully saturated rings. The van der Waals surface area contributed by atoms with Crippen molar-refractivity contribution in [2.45, 2.75) is 39.2 Å². The second-order valence-corrected chi connectivity index (χ2v) is 5.65. The molecule has 1 aromatic heterocycles. The van der Waals surface area contributed by atoms with E-state index in [9.17, 15) is 4.79 Å². The van der Waals surface area contributed by atoms with Gasteiger partial charge in [0, 0.05) is 31.9 Å². The van der Waals surface area contributed by atoms with Crippen LogP contribution < -0.4 is 10.6 Å². The fraction of sp³-hybridized carbons (Fsp3) is 0.667. The predicted octanol–water partition coefficient (Wildman–Crippen LogP) is 1.15. The zero-order valence-electron chi connectivity index (χ0n) is 12.8. The van der Waals surface area contributed by atoms with E-state index >= 15 is 0 Å². The van der Waals surface area contributed by atoms with Crippen molar-refractivity contribution < 1.29 is 9.53 Å². The quantitative estimate of drug-likeness (QED) is 0.820. The number of nitrogens with two attached hydrogens (primary N) is 1. The van der Waals surface area contributed by atoms with Gasteiger partial charge in [-0.25, -0.2) is 9.97 Å². The van der Waals surface area contributed by atoms with Gasteiger partial charge in [-0.3, -0.25) is 4.79 Å². The van der Waals surface area contributed by atoms with Gasteiger partial charge in [0.15, 0.2) is 0 Å². The van der Waals surface area contributed by atoms with Crippen LogP contribution in [-0.2, 0) is 16.0 Å². The van der Waals surface area contributed by atoms with Crippen molar-refractivity contribution in [1.29, 1.82) is 0 Å². The molecule has 2 N–H and O–H groups in total. The highest BCUT2D eigenvalue weighted by atomic mass is 16.5. The van der Waals surface area contributed by atoms with Crippen molar-refractivity contribution in [2.24, 2.45) is 11.7 Å². The molecule has 2 atom stereocenters. The molecule has 1 aliphatic rings. The van der Waals surface area contributed by atoms with Gasteiger partial charge in [0.25, 0.3) is 0 Å². The molecule has 6 heteroatoms. The summed E-state index contributed by atoms with van der Waals surface area (Å²) in [5.41, 5.74) is 6.65. The number of hydrogen-bond acceptors (Lipinski definition) is 6. The van der Waals surface area contributed by atoms with Crippen LogP contribution in [0.25, 0.3) is 0 Å². The first-order chi connectivity index (χ1) is 10.1. The molecule has 6 nitrogen and oxygen atoms in total. The maximum atomic E-state index is 11.5. The molecule has 0 aromatic carbocycles. The lowest BCUT2D eigenvalue weighted by Crippen LogP contribution is -2.36. The number of esters is 1. The molecule has 0 saturated carbocycles. The Kier molecular flexibility index (Phi) is 5.50. The Balaban J connectivity index is 1.94. The number of ether oxygens (including phenoxy) is 1. The van der Waals surface area contributed by atoms with Crippen LogP contribution in [0.1, 0.15) is 32.3 Å². The van der Waals surface area contributed by atoms with Gasteiger partial charge < -0.3 is 15.4 Å². The standard InChI is InChI=1S/C15H24N4O2/c1-3-21-14(20)13(16)7-12-8-17-15(18-9-12)19-6-4-5-11(2)10-19/h8-9,11,13H,3-7,10,16H2,1-2H3. The van der Waals surface area contributed by atoms with Gasteiger partial charge in [-0.15, -0.1) is 0 Å². The van der Waals surface area contributed by atoms with E-state index in [0.717, 1.165) is 24.6 Å². The van der Waals surface area contributed by atoms with Crippen molar-refractivity contribution in [3.63, 3.8) is 0 Å². The average molecular weight is 292 g/mol. The molecule has 2 unspecified atom stereocenters. The SMILES string of the molecule is CCOC(=O)C(N)Cc1cnc(N2CCCC(C)C2)nc1. The minimum atomic E-state index is -0.658. The van der Waals surface area contributed by atoms with Crippen LogP contribution >= 0.6 is 0 Å². The lowest BCUT2D eigenvalue weighted by molar-refractivity contribution is -0.144. The molecule has 0 bridgehead atoms. The van der Waals surface area contributed by atoms with Gasteiger partial charge in [0.05, 0.1) is 6.61 Å². The van der Waals surface area contributed by atoms with Crippen LogP contribution in [0.5, 0.6) is 0 Å². The van der Waals surface area contributed by atoms with Crippen molar-refractivity contribution in [1.82, 2.24) is 9.97 Å². The monoisotopic (exact) mass is 292 g/mol. The first-order valence-corrected chi connectivity index (χ1v) is 7.58. The third kappa shape index (κ3) is 4.39. The number of piperidine rings is 1. The molecular formula is C15H24N4O2. The lowest BCUT2D eigenvalue weighted by atomic mass is 10.0. The van der Waals surface area contributed by atoms with Crippen LogP contribution in [0.15, 0.2) is 12.4 Å². The van der Waals surface area contributed by atoms with Crippen LogP contribution in [0.4, 0.5) is 5.95 Å². The van der Waals surface area contributed by atoms with Gasteiger partial charge in [0.2, 0.25) is 5.95 Å². The first kappa shape index (κ1) is 15.7. The maximum Gasteiger partial charge on any atom is 0.323 e. The molecular weight excluding hydrogens is 268 g/mol. The van der Waals surface area contributed by atoms with E-state index in [4.69, 9.17) is 10.5 Å². The third-order valence-electron chi connectivity index (χ3n) is 3.68. The van der Waals surface area contributed by atoms with Gasteiger partial charge >= 0.3 is 5.97 Å². The van der Waals surface area contributed by atoms with E-state index < -0.39 is 6.04 Å². The fourth-order valence-corrected chi connectivity index (χ4v) is 2.57. The number of anilines is 1. The van der Waals surface area contributed by atoms with Crippen molar-refractivity contribution in [3.8, 4) is 0 Å². The van der Waals surface area contributed by atoms with Crippen LogP contribution in [-0.4, -0.2) is 41.7 Å². The number of carbonyl (C=O) groups excluding carboxylic acids is 1. The third-order valence-corrected chi connectivity index (χ3v) is 3.68. The van der Waals surface area contributed by atoms with Crippen LogP contribution in [0.3, 0.4) is 0 Å². The van der Waals surface area contributed by atoms with Crippen molar-refractivity contribution in [3.05, 3.63) is 18.0 Å². The molecule has 1 aliphatic heterocycles. The van der Waals surface area contributed by atoms with E-state index in [2.05, 4.69) is 21.8 Å². The summed E-state index contributed by atoms with van der Waals surface area (Å²) in [4.78, 5) is 22.5. The number of hydrogen-bond donors (Lipinski definition) is 1. The lowest BCUT2D eigenvalue weighted by Gasteiger charge is -2.30. The second kappa shape index (κ2) is 7.36. The minimum Gasteiger partial charge on any atom is -0.465 e. The molecule has 2 rings (SSSR count). The zero-order valence-corrected chi connectivity index (χ0v) is 12.8. The highest BCUT2D eigenvalue weighted by Crippen LogP contribution is 2.19. The van der Waals surface area contributed by atoms with E-state index in [0.29, 0.717) is 18.9 Å². The average Bonchev–Trinajstić information content (AvgIpc) is 2.48. The molecule has 0 radical (unpaired) electrons. The summed E-state index contributed by atoms with van der Waals surface area (Å²) < 4.78 is 4.89.